The van der Waals surface area contributed by atoms with Crippen LogP contribution in [-0.2, 0) is 26.5 Å². The van der Waals surface area contributed by atoms with E-state index in [2.05, 4.69) is 74.9 Å². The van der Waals surface area contributed by atoms with E-state index in [0.29, 0.717) is 34.0 Å². The molecule has 8 heteroatoms. The monoisotopic (exact) mass is 798 g/mol. The molecule has 0 fully saturated rings. The van der Waals surface area contributed by atoms with E-state index in [0.717, 1.165) is 33.1 Å². The minimum Gasteiger partial charge on any atom is -0.503 e. The first kappa shape index (κ1) is 31.9. The van der Waals surface area contributed by atoms with Crippen LogP contribution >= 0.6 is 0 Å². The predicted octanol–water partition coefficient (Wildman–Crippen LogP) is 9.35. The van der Waals surface area contributed by atoms with Gasteiger partial charge in [-0.15, -0.1) is 29.1 Å². The standard InChI is InChI=1S/C39H30FN5O.Pt/c1-24-17-28(39(3,4)5)18-25(2)37(24)44-16-15-43-38(44)27-19-29(40)21-31(20-27)46-30-12-13-32-34(22-30)45(35-11-6-7-14-42-35)33-10-8-9-26(23-41)36(32)33;/h6-19,21H,1-5H3;/q-2;+2. The Morgan fingerprint density at radius 1 is 0.872 bits per heavy atom. The van der Waals surface area contributed by atoms with Crippen LogP contribution in [0.3, 0.4) is 0 Å². The molecule has 3 heterocycles. The molecule has 7 rings (SSSR count). The van der Waals surface area contributed by atoms with Crippen LogP contribution in [0.4, 0.5) is 4.39 Å². The number of fused-ring (bicyclic) bond motifs is 3. The molecule has 0 amide bonds. The molecule has 0 atom stereocenters. The van der Waals surface area contributed by atoms with Gasteiger partial charge < -0.3 is 13.9 Å². The van der Waals surface area contributed by atoms with E-state index in [-0.39, 0.29) is 32.2 Å². The maximum atomic E-state index is 15.2. The number of hydrogen-bond donors (Lipinski definition) is 0. The van der Waals surface area contributed by atoms with E-state index in [1.54, 1.807) is 24.5 Å². The number of rotatable bonds is 5. The number of aryl methyl sites for hydroxylation is 2. The van der Waals surface area contributed by atoms with Gasteiger partial charge in [0.25, 0.3) is 0 Å². The number of imidazole rings is 1. The van der Waals surface area contributed by atoms with Crippen molar-refractivity contribution in [1.82, 2.24) is 19.1 Å². The van der Waals surface area contributed by atoms with Crippen LogP contribution in [-0.4, -0.2) is 19.1 Å². The van der Waals surface area contributed by atoms with Crippen LogP contribution in [0.5, 0.6) is 11.5 Å². The second-order valence-electron chi connectivity index (χ2n) is 12.4. The molecule has 6 nitrogen and oxygen atoms in total. The topological polar surface area (TPSA) is 68.7 Å². The van der Waals surface area contributed by atoms with E-state index >= 15 is 4.39 Å². The zero-order valence-electron chi connectivity index (χ0n) is 26.5. The van der Waals surface area contributed by atoms with Gasteiger partial charge in [0.2, 0.25) is 0 Å². The van der Waals surface area contributed by atoms with E-state index in [9.17, 15) is 5.26 Å². The van der Waals surface area contributed by atoms with Gasteiger partial charge in [-0.25, -0.2) is 9.37 Å². The van der Waals surface area contributed by atoms with Crippen LogP contribution < -0.4 is 4.74 Å². The van der Waals surface area contributed by atoms with Gasteiger partial charge in [0.05, 0.1) is 11.9 Å². The first-order valence-electron chi connectivity index (χ1n) is 15.0. The quantitative estimate of drug-likeness (QED) is 0.163. The summed E-state index contributed by atoms with van der Waals surface area (Å²) in [7, 11) is 0. The minimum atomic E-state index is -0.475. The van der Waals surface area contributed by atoms with Crippen molar-refractivity contribution in [3.63, 3.8) is 0 Å². The van der Waals surface area contributed by atoms with Crippen molar-refractivity contribution in [3.8, 4) is 40.5 Å². The van der Waals surface area contributed by atoms with Gasteiger partial charge in [0.1, 0.15) is 5.82 Å². The Labute approximate surface area is 287 Å². The molecule has 7 aromatic rings. The van der Waals surface area contributed by atoms with Crippen LogP contribution in [0.2, 0.25) is 0 Å². The summed E-state index contributed by atoms with van der Waals surface area (Å²) in [6, 6.07) is 30.9. The molecule has 0 N–H and O–H groups in total. The van der Waals surface area contributed by atoms with Crippen molar-refractivity contribution < 1.29 is 30.2 Å². The first-order valence-corrected chi connectivity index (χ1v) is 15.0. The van der Waals surface area contributed by atoms with Crippen LogP contribution in [0.15, 0.2) is 91.4 Å². The molecule has 0 aliphatic heterocycles. The van der Waals surface area contributed by atoms with Crippen molar-refractivity contribution in [2.24, 2.45) is 0 Å². The summed E-state index contributed by atoms with van der Waals surface area (Å²) in [6.07, 6.45) is 5.31. The Hall–Kier alpha value is -5.05. The molecular weight excluding hydrogens is 769 g/mol. The number of halogens is 1. The summed E-state index contributed by atoms with van der Waals surface area (Å²) in [5, 5.41) is 11.5. The Kier molecular flexibility index (Phi) is 8.34. The Bertz CT molecular complexity index is 2300. The summed E-state index contributed by atoms with van der Waals surface area (Å²) in [5.41, 5.74) is 6.99. The smallest absolute Gasteiger partial charge is 0.503 e. The Morgan fingerprint density at radius 3 is 2.36 bits per heavy atom. The summed E-state index contributed by atoms with van der Waals surface area (Å²) < 4.78 is 25.3. The van der Waals surface area contributed by atoms with Gasteiger partial charge in [-0.2, -0.15) is 11.3 Å². The molecular formula is C39H30FN5OPt. The first-order chi connectivity index (χ1) is 22.1. The van der Waals surface area contributed by atoms with Gasteiger partial charge in [-0.1, -0.05) is 62.7 Å². The SMILES string of the molecule is Cc1cc(C(C)(C)C)cc(C)c1-n1ccnc1-c1[c-]c(Oc2[c-]c3c(cc2)c2c(C#N)cccc2n3-c2ccccn2)cc(F)c1.[Pt+2]. The maximum absolute atomic E-state index is 15.2. The van der Waals surface area contributed by atoms with E-state index in [4.69, 9.17) is 4.74 Å². The molecule has 3 aromatic heterocycles. The summed E-state index contributed by atoms with van der Waals surface area (Å²) in [6.45, 7) is 10.8. The molecule has 0 aliphatic carbocycles. The number of ether oxygens (including phenoxy) is 1. The number of aromatic nitrogens is 4. The van der Waals surface area contributed by atoms with Gasteiger partial charge in [0, 0.05) is 52.7 Å². The average molecular weight is 799 g/mol. The minimum absolute atomic E-state index is 0. The number of nitrogens with zero attached hydrogens (tertiary/aromatic N) is 5. The summed E-state index contributed by atoms with van der Waals surface area (Å²) >= 11 is 0. The van der Waals surface area contributed by atoms with Gasteiger partial charge in [-0.3, -0.25) is 4.98 Å². The van der Waals surface area contributed by atoms with Gasteiger partial charge in [-0.05, 0) is 65.6 Å². The number of pyridine rings is 1. The predicted molar refractivity (Wildman–Crippen MR) is 178 cm³/mol. The molecule has 4 aromatic carbocycles. The normalized spacial score (nSPS) is 11.4. The number of hydrogen-bond acceptors (Lipinski definition) is 4. The zero-order valence-corrected chi connectivity index (χ0v) is 28.8. The molecule has 234 valence electrons. The molecule has 0 saturated carbocycles. The van der Waals surface area contributed by atoms with Gasteiger partial charge in [0.15, 0.2) is 0 Å². The number of benzene rings is 4. The molecule has 0 saturated heterocycles. The van der Waals surface area contributed by atoms with Crippen LogP contribution in [0.1, 0.15) is 43.0 Å². The third-order valence-electron chi connectivity index (χ3n) is 8.18. The van der Waals surface area contributed by atoms with Crippen molar-refractivity contribution in [2.45, 2.75) is 40.0 Å². The fourth-order valence-electron chi connectivity index (χ4n) is 6.10. The number of nitriles is 1. The second-order valence-corrected chi connectivity index (χ2v) is 12.4. The summed E-state index contributed by atoms with van der Waals surface area (Å²) in [5.74, 6) is 1.31. The molecule has 0 aliphatic rings. The third-order valence-corrected chi connectivity index (χ3v) is 8.18. The molecule has 47 heavy (non-hydrogen) atoms. The third kappa shape index (κ3) is 5.75. The Balaban J connectivity index is 0.00000386. The molecule has 0 spiro atoms. The van der Waals surface area contributed by atoms with Crippen molar-refractivity contribution in [2.75, 3.05) is 0 Å². The molecule has 0 unspecified atom stereocenters. The average Bonchev–Trinajstić information content (AvgIpc) is 3.63. The molecule has 0 radical (unpaired) electrons. The summed E-state index contributed by atoms with van der Waals surface area (Å²) in [4.78, 5) is 9.16. The van der Waals surface area contributed by atoms with E-state index in [1.165, 1.54) is 17.7 Å². The maximum Gasteiger partial charge on any atom is 2.00 e. The fraction of sp³-hybridized carbons (Fsp3) is 0.154. The van der Waals surface area contributed by atoms with Crippen molar-refractivity contribution >= 4 is 21.8 Å². The van der Waals surface area contributed by atoms with E-state index in [1.807, 2.05) is 51.7 Å². The van der Waals surface area contributed by atoms with Crippen LogP contribution in [0.25, 0.3) is 44.7 Å². The van der Waals surface area contributed by atoms with Crippen molar-refractivity contribution in [1.29, 1.82) is 5.26 Å². The second kappa shape index (κ2) is 12.3. The Morgan fingerprint density at radius 2 is 1.66 bits per heavy atom. The largest absolute Gasteiger partial charge is 2.00 e. The van der Waals surface area contributed by atoms with Crippen molar-refractivity contribution in [3.05, 3.63) is 132 Å². The molecule has 0 bridgehead atoms. The fourth-order valence-corrected chi connectivity index (χ4v) is 6.10. The van der Waals surface area contributed by atoms with E-state index < -0.39 is 5.82 Å². The zero-order chi connectivity index (χ0) is 32.2. The van der Waals surface area contributed by atoms with Crippen LogP contribution in [0, 0.1) is 43.1 Å². The van der Waals surface area contributed by atoms with Gasteiger partial charge >= 0.3 is 21.1 Å².